The minimum Gasteiger partial charge on any atom is -0.454 e. The Kier molecular flexibility index (Phi) is 3.62. The number of aryl methyl sites for hydroxylation is 2. The van der Waals surface area contributed by atoms with Crippen molar-refractivity contribution in [1.82, 2.24) is 0 Å². The minimum atomic E-state index is -2.38. The fourth-order valence-electron chi connectivity index (χ4n) is 4.85. The Labute approximate surface area is 203 Å². The van der Waals surface area contributed by atoms with Crippen molar-refractivity contribution in [3.63, 3.8) is 0 Å². The van der Waals surface area contributed by atoms with Gasteiger partial charge in [-0.05, 0) is 59.9 Å². The van der Waals surface area contributed by atoms with E-state index in [0.29, 0.717) is 22.4 Å². The van der Waals surface area contributed by atoms with Crippen molar-refractivity contribution in [2.75, 3.05) is 0 Å². The Bertz CT molecular complexity index is 1960. The number of fused-ring (bicyclic) bond motifs is 4. The van der Waals surface area contributed by atoms with Gasteiger partial charge in [-0.3, -0.25) is 0 Å². The molecule has 2 aromatic heterocycles. The van der Waals surface area contributed by atoms with Crippen LogP contribution in [0.2, 0.25) is 0 Å². The monoisotopic (exact) mass is 443 g/mol. The second-order valence-corrected chi connectivity index (χ2v) is 8.58. The van der Waals surface area contributed by atoms with Gasteiger partial charge in [0.05, 0.1) is 17.2 Å². The van der Waals surface area contributed by atoms with E-state index in [4.69, 9.17) is 9.90 Å². The van der Waals surface area contributed by atoms with Crippen molar-refractivity contribution < 1.29 is 14.5 Å². The first kappa shape index (κ1) is 16.2. The van der Waals surface area contributed by atoms with Gasteiger partial charge in [-0.1, -0.05) is 48.5 Å². The second-order valence-electron chi connectivity index (χ2n) is 8.58. The molecule has 0 aliphatic rings. The van der Waals surface area contributed by atoms with E-state index in [2.05, 4.69) is 18.2 Å². The molecule has 0 spiro atoms. The second kappa shape index (κ2) is 7.57. The number of benzene rings is 4. The summed E-state index contributed by atoms with van der Waals surface area (Å²) in [7, 11) is 1.70. The van der Waals surface area contributed by atoms with Gasteiger partial charge in [0.15, 0.2) is 6.17 Å². The zero-order valence-corrected chi connectivity index (χ0v) is 18.8. The zero-order valence-electron chi connectivity index (χ0n) is 22.8. The maximum atomic E-state index is 10.0. The number of rotatable bonds is 2. The van der Waals surface area contributed by atoms with Gasteiger partial charge in [0.2, 0.25) is 5.69 Å². The molecule has 0 aliphatic carbocycles. The third kappa shape index (κ3) is 3.00. The van der Waals surface area contributed by atoms with Gasteiger partial charge in [-0.25, -0.2) is 4.57 Å². The van der Waals surface area contributed by atoms with Crippen molar-refractivity contribution in [2.24, 2.45) is 7.05 Å². The van der Waals surface area contributed by atoms with Crippen LogP contribution in [-0.2, 0) is 7.05 Å². The van der Waals surface area contributed by atoms with Gasteiger partial charge in [0.1, 0.15) is 19.6 Å². The van der Waals surface area contributed by atoms with Crippen molar-refractivity contribution >= 4 is 32.7 Å². The highest BCUT2D eigenvalue weighted by Crippen LogP contribution is 2.42. The number of hydrogen-bond acceptors (Lipinski definition) is 2. The van der Waals surface area contributed by atoms with Crippen LogP contribution in [0.15, 0.2) is 89.5 Å². The Morgan fingerprint density at radius 3 is 2.44 bits per heavy atom. The van der Waals surface area contributed by atoms with Crippen LogP contribution in [0, 0.1) is 25.1 Å². The third-order valence-electron chi connectivity index (χ3n) is 6.49. The van der Waals surface area contributed by atoms with E-state index >= 15 is 0 Å². The molecule has 0 radical (unpaired) electrons. The molecule has 0 fully saturated rings. The lowest BCUT2D eigenvalue weighted by Crippen LogP contribution is -2.31. The maximum Gasteiger partial charge on any atom is 0.216 e. The summed E-state index contributed by atoms with van der Waals surface area (Å²) in [6.45, 7) is -0.412. The van der Waals surface area contributed by atoms with Gasteiger partial charge in [-0.15, -0.1) is 0 Å². The summed E-state index contributed by atoms with van der Waals surface area (Å²) in [4.78, 5) is 0. The van der Waals surface area contributed by atoms with E-state index in [-0.39, 0.29) is 11.7 Å². The molecule has 0 bridgehead atoms. The largest absolute Gasteiger partial charge is 0.454 e. The molecular weight excluding hydrogens is 416 g/mol. The summed E-state index contributed by atoms with van der Waals surface area (Å²) in [6.07, 6.45) is -0.0707. The Balaban J connectivity index is 1.67. The van der Waals surface area contributed by atoms with E-state index in [1.54, 1.807) is 17.7 Å². The molecule has 3 nitrogen and oxygen atoms in total. The smallest absolute Gasteiger partial charge is 0.216 e. The number of furan rings is 1. The summed E-state index contributed by atoms with van der Waals surface area (Å²) in [5.74, 6) is 0. The van der Waals surface area contributed by atoms with Gasteiger partial charge < -0.3 is 4.42 Å². The number of pyridine rings is 1. The van der Waals surface area contributed by atoms with E-state index < -0.39 is 6.85 Å². The molecule has 0 N–H and O–H groups in total. The highest BCUT2D eigenvalue weighted by molar-refractivity contribution is 6.14. The number of nitriles is 1. The van der Waals surface area contributed by atoms with Crippen molar-refractivity contribution in [3.05, 3.63) is 102 Å². The highest BCUT2D eigenvalue weighted by atomic mass is 16.3. The zero-order chi connectivity index (χ0) is 26.8. The van der Waals surface area contributed by atoms with Crippen molar-refractivity contribution in [1.29, 1.82) is 5.26 Å². The lowest BCUT2D eigenvalue weighted by molar-refractivity contribution is -0.660. The first-order chi connectivity index (χ1) is 18.2. The van der Waals surface area contributed by atoms with E-state index in [1.807, 2.05) is 61.5 Å². The van der Waals surface area contributed by atoms with E-state index in [9.17, 15) is 5.26 Å². The third-order valence-corrected chi connectivity index (χ3v) is 6.49. The normalized spacial score (nSPS) is 13.4. The van der Waals surface area contributed by atoms with Crippen LogP contribution in [0.25, 0.3) is 55.1 Å². The topological polar surface area (TPSA) is 40.8 Å². The summed E-state index contributed by atoms with van der Waals surface area (Å²) in [5, 5.41) is 14.0. The number of hydrogen-bond donors (Lipinski definition) is 0. The molecule has 4 aromatic carbocycles. The minimum absolute atomic E-state index is 0.00423. The predicted molar refractivity (Wildman–Crippen MR) is 137 cm³/mol. The fraction of sp³-hybridized carbons (Fsp3) is 0.0968. The molecule has 34 heavy (non-hydrogen) atoms. The Morgan fingerprint density at radius 1 is 0.882 bits per heavy atom. The predicted octanol–water partition coefficient (Wildman–Crippen LogP) is 7.39. The molecule has 6 aromatic rings. The van der Waals surface area contributed by atoms with Crippen LogP contribution in [0.1, 0.15) is 22.2 Å². The molecule has 6 rings (SSSR count). The van der Waals surface area contributed by atoms with Gasteiger partial charge in [-0.2, -0.15) is 5.26 Å². The van der Waals surface area contributed by atoms with Crippen LogP contribution in [0.3, 0.4) is 0 Å². The molecule has 0 unspecified atom stereocenters. The fourth-order valence-corrected chi connectivity index (χ4v) is 4.85. The van der Waals surface area contributed by atoms with E-state index in [1.165, 1.54) is 6.07 Å². The number of nitrogens with zero attached hydrogens (tertiary/aromatic N) is 2. The Hall–Kier alpha value is -4.42. The molecule has 0 aliphatic heterocycles. The van der Waals surface area contributed by atoms with Gasteiger partial charge in [0.25, 0.3) is 0 Å². The van der Waals surface area contributed by atoms with Crippen LogP contribution < -0.4 is 4.57 Å². The summed E-state index contributed by atoms with van der Waals surface area (Å²) >= 11 is 0. The Morgan fingerprint density at radius 2 is 1.65 bits per heavy atom. The quantitative estimate of drug-likeness (QED) is 0.262. The number of aromatic nitrogens is 1. The first-order valence-corrected chi connectivity index (χ1v) is 11.1. The van der Waals surface area contributed by atoms with Crippen LogP contribution in [0.5, 0.6) is 0 Å². The summed E-state index contributed by atoms with van der Waals surface area (Å²) in [5.41, 5.74) is 5.79. The molecule has 0 atom stereocenters. The van der Waals surface area contributed by atoms with Crippen LogP contribution in [0.4, 0.5) is 0 Å². The average molecular weight is 444 g/mol. The van der Waals surface area contributed by atoms with Crippen molar-refractivity contribution in [2.45, 2.75) is 13.8 Å². The van der Waals surface area contributed by atoms with Crippen molar-refractivity contribution in [3.8, 4) is 28.5 Å². The molecule has 162 valence electrons. The summed E-state index contributed by atoms with van der Waals surface area (Å²) in [6, 6.07) is 27.5. The molecule has 3 heteroatoms. The first-order valence-electron chi connectivity index (χ1n) is 13.1. The maximum absolute atomic E-state index is 10.0. The lowest BCUT2D eigenvalue weighted by atomic mass is 9.95. The highest BCUT2D eigenvalue weighted by Gasteiger charge is 2.23. The standard InChI is InChI=1S/C31H23N2O/c1-19-8-15-27(33(3)18-19)28-20(2)9-13-25-26-14-12-24(17-32)29(31(26)34-30(25)28)23-11-10-21-6-4-5-7-22(21)16-23/h4-16,18H,1-3H3/q+1/i1D3,18D. The molecule has 2 heterocycles. The van der Waals surface area contributed by atoms with Crippen LogP contribution >= 0.6 is 0 Å². The molecule has 0 amide bonds. The van der Waals surface area contributed by atoms with Gasteiger partial charge in [0, 0.05) is 32.1 Å². The molecule has 0 saturated carbocycles. The summed E-state index contributed by atoms with van der Waals surface area (Å²) < 4.78 is 40.1. The van der Waals surface area contributed by atoms with Crippen LogP contribution in [-0.4, -0.2) is 0 Å². The molecule has 0 saturated heterocycles. The van der Waals surface area contributed by atoms with Gasteiger partial charge >= 0.3 is 0 Å². The van der Waals surface area contributed by atoms with E-state index in [0.717, 1.165) is 43.8 Å². The SMILES string of the molecule is [2H]c1c(C([2H])([2H])[2H])ccc(-c2c(C)ccc3c2oc2c(-c4ccc5ccccc5c4)c(C#N)ccc23)[n+]1C. The molecular formula is C31H23N2O+. The lowest BCUT2D eigenvalue weighted by Gasteiger charge is -2.07. The average Bonchev–Trinajstić information content (AvgIpc) is 3.27.